The molecular weight excluding hydrogens is 827 g/mol. The Balaban J connectivity index is 3.51. The first-order chi connectivity index (χ1) is 33.0. The summed E-state index contributed by atoms with van der Waals surface area (Å²) >= 11 is 0. The average Bonchev–Trinajstić information content (AvgIpc) is 3.33. The molecule has 2 atom stereocenters. The molecule has 0 radical (unpaired) electrons. The number of rotatable bonds is 54. The number of hydrogen-bond donors (Lipinski definition) is 3. The van der Waals surface area contributed by atoms with Crippen LogP contribution < -0.4 is 5.32 Å². The van der Waals surface area contributed by atoms with E-state index in [9.17, 15) is 19.8 Å². The number of aliphatic hydroxyl groups is 2. The van der Waals surface area contributed by atoms with E-state index in [4.69, 9.17) is 4.74 Å². The van der Waals surface area contributed by atoms with Crippen LogP contribution in [-0.2, 0) is 14.3 Å². The van der Waals surface area contributed by atoms with Gasteiger partial charge in [-0.1, -0.05) is 249 Å². The van der Waals surface area contributed by atoms with Gasteiger partial charge in [0.05, 0.1) is 25.4 Å². The Morgan fingerprint density at radius 1 is 0.418 bits per heavy atom. The van der Waals surface area contributed by atoms with Gasteiger partial charge in [-0.2, -0.15) is 0 Å². The summed E-state index contributed by atoms with van der Waals surface area (Å²) in [5.74, 6) is -0.0999. The maximum Gasteiger partial charge on any atom is 0.305 e. The zero-order valence-electron chi connectivity index (χ0n) is 44.6. The largest absolute Gasteiger partial charge is 0.466 e. The first kappa shape index (κ1) is 64.8. The Labute approximate surface area is 416 Å². The number of amides is 1. The van der Waals surface area contributed by atoms with Gasteiger partial charge >= 0.3 is 5.97 Å². The van der Waals surface area contributed by atoms with Gasteiger partial charge in [0.15, 0.2) is 0 Å². The summed E-state index contributed by atoms with van der Waals surface area (Å²) in [4.78, 5) is 24.5. The number of hydrogen-bond acceptors (Lipinski definition) is 5. The summed E-state index contributed by atoms with van der Waals surface area (Å²) in [7, 11) is 0. The van der Waals surface area contributed by atoms with Crippen molar-refractivity contribution in [1.29, 1.82) is 0 Å². The van der Waals surface area contributed by atoms with E-state index in [1.165, 1.54) is 199 Å². The Morgan fingerprint density at radius 2 is 0.746 bits per heavy atom. The number of allylic oxidation sites excluding steroid dienone is 7. The van der Waals surface area contributed by atoms with E-state index in [1.54, 1.807) is 6.08 Å². The third-order valence-corrected chi connectivity index (χ3v) is 13.3. The molecule has 0 saturated carbocycles. The highest BCUT2D eigenvalue weighted by Crippen LogP contribution is 2.16. The molecule has 6 heteroatoms. The van der Waals surface area contributed by atoms with Gasteiger partial charge in [0.25, 0.3) is 0 Å². The van der Waals surface area contributed by atoms with Crippen molar-refractivity contribution >= 4 is 11.9 Å². The molecule has 0 rings (SSSR count). The van der Waals surface area contributed by atoms with Gasteiger partial charge in [-0.25, -0.2) is 0 Å². The lowest BCUT2D eigenvalue weighted by Crippen LogP contribution is -2.45. The minimum atomic E-state index is -0.852. The smallest absolute Gasteiger partial charge is 0.305 e. The molecule has 0 aliphatic heterocycles. The molecule has 1 amide bonds. The molecule has 0 aliphatic rings. The van der Waals surface area contributed by atoms with Gasteiger partial charge < -0.3 is 20.3 Å². The number of aliphatic hydroxyl groups excluding tert-OH is 2. The molecule has 0 aromatic rings. The van der Waals surface area contributed by atoms with Gasteiger partial charge in [-0.3, -0.25) is 9.59 Å². The van der Waals surface area contributed by atoms with E-state index in [1.807, 2.05) is 6.08 Å². The fraction of sp³-hybridized carbons (Fsp3) is 0.836. The third kappa shape index (κ3) is 53.0. The second kappa shape index (κ2) is 56.4. The Bertz CT molecular complexity index is 1130. The van der Waals surface area contributed by atoms with Gasteiger partial charge in [-0.05, 0) is 89.9 Å². The molecule has 0 saturated heterocycles. The lowest BCUT2D eigenvalue weighted by atomic mass is 10.0. The van der Waals surface area contributed by atoms with Crippen LogP contribution in [0.5, 0.6) is 0 Å². The van der Waals surface area contributed by atoms with E-state index >= 15 is 0 Å². The first-order valence-corrected chi connectivity index (χ1v) is 29.4. The third-order valence-electron chi connectivity index (χ3n) is 13.3. The molecule has 392 valence electrons. The van der Waals surface area contributed by atoms with Gasteiger partial charge in [0, 0.05) is 12.8 Å². The number of unbranched alkanes of at least 4 members (excludes halogenated alkanes) is 38. The highest BCUT2D eigenvalue weighted by Gasteiger charge is 2.18. The van der Waals surface area contributed by atoms with Gasteiger partial charge in [0.1, 0.15) is 0 Å². The number of carbonyl (C=O) groups excluding carboxylic acids is 2. The van der Waals surface area contributed by atoms with Crippen LogP contribution in [0, 0.1) is 0 Å². The number of ether oxygens (including phenoxy) is 1. The molecule has 0 fully saturated rings. The SMILES string of the molecule is CCCCCCCCC/C=C\CCCCCCCC(=O)OCCCCC/C=C\C=C/CCCCCCCCCCCCC(=O)NC(CO)C(O)/C=C/CCCCCCCCCCCCCCC. The van der Waals surface area contributed by atoms with Crippen molar-refractivity contribution in [2.75, 3.05) is 13.2 Å². The van der Waals surface area contributed by atoms with Crippen molar-refractivity contribution in [3.05, 3.63) is 48.6 Å². The van der Waals surface area contributed by atoms with Crippen LogP contribution in [0.4, 0.5) is 0 Å². The molecule has 0 aliphatic carbocycles. The highest BCUT2D eigenvalue weighted by molar-refractivity contribution is 5.76. The fourth-order valence-electron chi connectivity index (χ4n) is 8.80. The van der Waals surface area contributed by atoms with Crippen molar-refractivity contribution in [1.82, 2.24) is 5.32 Å². The maximum atomic E-state index is 12.5. The van der Waals surface area contributed by atoms with Crippen molar-refractivity contribution in [2.24, 2.45) is 0 Å². The topological polar surface area (TPSA) is 95.9 Å². The van der Waals surface area contributed by atoms with Crippen LogP contribution >= 0.6 is 0 Å². The summed E-state index contributed by atoms with van der Waals surface area (Å²) < 4.78 is 5.45. The second-order valence-corrected chi connectivity index (χ2v) is 20.0. The highest BCUT2D eigenvalue weighted by atomic mass is 16.5. The zero-order valence-corrected chi connectivity index (χ0v) is 44.6. The molecular formula is C61H113NO5. The van der Waals surface area contributed by atoms with Crippen LogP contribution in [0.3, 0.4) is 0 Å². The van der Waals surface area contributed by atoms with Crippen LogP contribution in [-0.4, -0.2) is 47.4 Å². The second-order valence-electron chi connectivity index (χ2n) is 20.0. The molecule has 0 heterocycles. The van der Waals surface area contributed by atoms with Crippen molar-refractivity contribution in [2.45, 2.75) is 315 Å². The molecule has 0 spiro atoms. The van der Waals surface area contributed by atoms with Crippen LogP contribution in [0.25, 0.3) is 0 Å². The van der Waals surface area contributed by atoms with Gasteiger partial charge in [0.2, 0.25) is 5.91 Å². The normalized spacial score (nSPS) is 13.0. The lowest BCUT2D eigenvalue weighted by Gasteiger charge is -2.20. The van der Waals surface area contributed by atoms with Crippen LogP contribution in [0.2, 0.25) is 0 Å². The molecule has 67 heavy (non-hydrogen) atoms. The summed E-state index contributed by atoms with van der Waals surface area (Å²) in [6.45, 7) is 4.86. The zero-order chi connectivity index (χ0) is 48.6. The van der Waals surface area contributed by atoms with E-state index in [2.05, 4.69) is 55.6 Å². The summed E-state index contributed by atoms with van der Waals surface area (Å²) in [6.07, 6.45) is 71.3. The lowest BCUT2D eigenvalue weighted by molar-refractivity contribution is -0.143. The average molecular weight is 941 g/mol. The van der Waals surface area contributed by atoms with E-state index in [0.717, 1.165) is 77.0 Å². The molecule has 2 unspecified atom stereocenters. The van der Waals surface area contributed by atoms with E-state index in [-0.39, 0.29) is 18.5 Å². The Hall–Kier alpha value is -2.18. The van der Waals surface area contributed by atoms with Crippen LogP contribution in [0.1, 0.15) is 303 Å². The predicted octanol–water partition coefficient (Wildman–Crippen LogP) is 18.2. The maximum absolute atomic E-state index is 12.5. The monoisotopic (exact) mass is 940 g/mol. The molecule has 3 N–H and O–H groups in total. The van der Waals surface area contributed by atoms with Gasteiger partial charge in [-0.15, -0.1) is 0 Å². The predicted molar refractivity (Wildman–Crippen MR) is 292 cm³/mol. The van der Waals surface area contributed by atoms with E-state index < -0.39 is 12.1 Å². The van der Waals surface area contributed by atoms with Crippen LogP contribution in [0.15, 0.2) is 48.6 Å². The fourth-order valence-corrected chi connectivity index (χ4v) is 8.80. The van der Waals surface area contributed by atoms with Crippen molar-refractivity contribution < 1.29 is 24.5 Å². The minimum absolute atomic E-state index is 0.0219. The summed E-state index contributed by atoms with van der Waals surface area (Å²) in [5, 5.41) is 23.1. The minimum Gasteiger partial charge on any atom is -0.466 e. The molecule has 0 aromatic carbocycles. The molecule has 6 nitrogen and oxygen atoms in total. The number of esters is 1. The van der Waals surface area contributed by atoms with Crippen molar-refractivity contribution in [3.8, 4) is 0 Å². The standard InChI is InChI=1S/C61H113NO5/c1-3-5-7-9-11-13-15-17-19-27-31-35-39-43-47-51-55-61(66)67-56-52-48-44-40-36-32-28-24-22-20-21-23-26-30-34-38-42-46-50-54-60(65)62-58(57-63)59(64)53-49-45-41-37-33-29-25-18-16-14-12-10-8-6-4-2/h19,24,27-28,32,36,49,53,58-59,63-64H,3-18,20-23,25-26,29-31,33-35,37-48,50-52,54-57H2,1-2H3,(H,62,65)/b27-19-,28-24-,36-32-,53-49+. The number of nitrogens with one attached hydrogen (secondary N) is 1. The Morgan fingerprint density at radius 3 is 1.15 bits per heavy atom. The number of carbonyl (C=O) groups is 2. The quantitative estimate of drug-likeness (QED) is 0.0244. The molecule has 0 aromatic heterocycles. The molecule has 0 bridgehead atoms. The summed E-state index contributed by atoms with van der Waals surface area (Å²) in [5.41, 5.74) is 0. The van der Waals surface area contributed by atoms with E-state index in [0.29, 0.717) is 19.4 Å². The summed E-state index contributed by atoms with van der Waals surface area (Å²) in [6, 6.07) is -0.636. The Kier molecular flexibility index (Phi) is 54.6. The first-order valence-electron chi connectivity index (χ1n) is 29.4. The van der Waals surface area contributed by atoms with Crippen molar-refractivity contribution in [3.63, 3.8) is 0 Å².